The SMILES string of the molecule is CCC(Cc1ccccc1)(C(=O)c1ccc(NCCCS)cc1)N(C)C. The Hall–Kier alpha value is -1.78. The minimum atomic E-state index is -0.539. The Bertz CT molecular complexity index is 685. The molecule has 0 fully saturated rings. The summed E-state index contributed by atoms with van der Waals surface area (Å²) in [5, 5.41) is 3.36. The van der Waals surface area contributed by atoms with E-state index in [1.807, 2.05) is 56.6 Å². The second-order valence-electron chi connectivity index (χ2n) is 6.85. The van der Waals surface area contributed by atoms with E-state index in [9.17, 15) is 4.79 Å². The van der Waals surface area contributed by atoms with Crippen molar-refractivity contribution in [2.24, 2.45) is 0 Å². The zero-order valence-electron chi connectivity index (χ0n) is 16.0. The first kappa shape index (κ1) is 20.5. The molecule has 0 amide bonds. The van der Waals surface area contributed by atoms with Gasteiger partial charge in [0.25, 0.3) is 0 Å². The van der Waals surface area contributed by atoms with Crippen LogP contribution in [0.2, 0.25) is 0 Å². The summed E-state index contributed by atoms with van der Waals surface area (Å²) in [5.41, 5.74) is 2.44. The van der Waals surface area contributed by atoms with Crippen LogP contribution < -0.4 is 5.32 Å². The number of benzene rings is 2. The van der Waals surface area contributed by atoms with Crippen molar-refractivity contribution >= 4 is 24.1 Å². The first-order valence-corrected chi connectivity index (χ1v) is 9.87. The van der Waals surface area contributed by atoms with Crippen molar-refractivity contribution in [1.29, 1.82) is 0 Å². The Labute approximate surface area is 163 Å². The summed E-state index contributed by atoms with van der Waals surface area (Å²) in [6, 6.07) is 18.1. The van der Waals surface area contributed by atoms with Gasteiger partial charge in [-0.25, -0.2) is 0 Å². The van der Waals surface area contributed by atoms with E-state index < -0.39 is 5.54 Å². The van der Waals surface area contributed by atoms with Crippen LogP contribution in [0.15, 0.2) is 54.6 Å². The highest BCUT2D eigenvalue weighted by Crippen LogP contribution is 2.28. The molecule has 0 radical (unpaired) electrons. The Kier molecular flexibility index (Phi) is 7.73. The monoisotopic (exact) mass is 370 g/mol. The van der Waals surface area contributed by atoms with Crippen LogP contribution in [0.1, 0.15) is 35.7 Å². The van der Waals surface area contributed by atoms with Gasteiger partial charge in [-0.3, -0.25) is 9.69 Å². The largest absolute Gasteiger partial charge is 0.385 e. The molecule has 0 spiro atoms. The fourth-order valence-electron chi connectivity index (χ4n) is 3.30. The van der Waals surface area contributed by atoms with Crippen LogP contribution in [0.5, 0.6) is 0 Å². The Balaban J connectivity index is 2.23. The Morgan fingerprint density at radius 2 is 1.73 bits per heavy atom. The number of thiol groups is 1. The molecular formula is C22H30N2OS. The maximum atomic E-state index is 13.4. The molecule has 1 unspecified atom stereocenters. The molecule has 4 heteroatoms. The minimum absolute atomic E-state index is 0.177. The molecule has 26 heavy (non-hydrogen) atoms. The van der Waals surface area contributed by atoms with Crippen LogP contribution in [0, 0.1) is 0 Å². The molecule has 2 aromatic carbocycles. The molecule has 0 aliphatic heterocycles. The molecule has 0 aliphatic carbocycles. The second-order valence-corrected chi connectivity index (χ2v) is 7.30. The summed E-state index contributed by atoms with van der Waals surface area (Å²) in [7, 11) is 4.00. The zero-order chi connectivity index (χ0) is 19.0. The van der Waals surface area contributed by atoms with Crippen molar-refractivity contribution in [2.45, 2.75) is 31.7 Å². The van der Waals surface area contributed by atoms with Gasteiger partial charge in [0.1, 0.15) is 0 Å². The van der Waals surface area contributed by atoms with Gasteiger partial charge in [-0.05, 0) is 68.9 Å². The van der Waals surface area contributed by atoms with E-state index >= 15 is 0 Å². The smallest absolute Gasteiger partial charge is 0.183 e. The van der Waals surface area contributed by atoms with Crippen LogP contribution in [0.25, 0.3) is 0 Å². The molecule has 0 aliphatic rings. The van der Waals surface area contributed by atoms with Gasteiger partial charge in [0, 0.05) is 17.8 Å². The van der Waals surface area contributed by atoms with Crippen LogP contribution in [-0.2, 0) is 6.42 Å². The molecule has 0 saturated carbocycles. The number of ketones is 1. The fourth-order valence-corrected chi connectivity index (χ4v) is 3.45. The number of likely N-dealkylation sites (N-methyl/N-ethyl adjacent to an activating group) is 1. The zero-order valence-corrected chi connectivity index (χ0v) is 16.9. The molecule has 1 atom stereocenters. The molecular weight excluding hydrogens is 340 g/mol. The van der Waals surface area contributed by atoms with Gasteiger partial charge < -0.3 is 5.32 Å². The lowest BCUT2D eigenvalue weighted by molar-refractivity contribution is 0.0666. The predicted octanol–water partition coefficient (Wildman–Crippen LogP) is 4.55. The normalized spacial score (nSPS) is 13.4. The summed E-state index contributed by atoms with van der Waals surface area (Å²) in [4.78, 5) is 15.5. The van der Waals surface area contributed by atoms with Crippen molar-refractivity contribution < 1.29 is 4.79 Å². The lowest BCUT2D eigenvalue weighted by atomic mass is 9.80. The van der Waals surface area contributed by atoms with Gasteiger partial charge >= 0.3 is 0 Å². The first-order valence-electron chi connectivity index (χ1n) is 9.24. The maximum absolute atomic E-state index is 13.4. The van der Waals surface area contributed by atoms with Crippen molar-refractivity contribution in [3.63, 3.8) is 0 Å². The van der Waals surface area contributed by atoms with Crippen LogP contribution in [-0.4, -0.2) is 42.6 Å². The molecule has 0 aromatic heterocycles. The standard InChI is InChI=1S/C22H30N2OS/c1-4-22(24(2)3,17-18-9-6-5-7-10-18)21(25)19-11-13-20(14-12-19)23-15-8-16-26/h5-7,9-14,23,26H,4,8,15-17H2,1-3H3. The Morgan fingerprint density at radius 1 is 1.08 bits per heavy atom. The third kappa shape index (κ3) is 4.89. The molecule has 2 aromatic rings. The molecule has 0 heterocycles. The van der Waals surface area contributed by atoms with Gasteiger partial charge in [0.15, 0.2) is 5.78 Å². The number of rotatable bonds is 10. The lowest BCUT2D eigenvalue weighted by Crippen LogP contribution is -2.52. The van der Waals surface area contributed by atoms with Gasteiger partial charge in [-0.1, -0.05) is 37.3 Å². The summed E-state index contributed by atoms with van der Waals surface area (Å²) >= 11 is 4.22. The third-order valence-electron chi connectivity index (χ3n) is 5.01. The minimum Gasteiger partial charge on any atom is -0.385 e. The lowest BCUT2D eigenvalue weighted by Gasteiger charge is -2.38. The van der Waals surface area contributed by atoms with Crippen molar-refractivity contribution in [2.75, 3.05) is 31.7 Å². The van der Waals surface area contributed by atoms with E-state index in [1.165, 1.54) is 5.56 Å². The van der Waals surface area contributed by atoms with Gasteiger partial charge in [-0.15, -0.1) is 0 Å². The molecule has 0 saturated heterocycles. The number of nitrogens with zero attached hydrogens (tertiary/aromatic N) is 1. The first-order chi connectivity index (χ1) is 12.5. The van der Waals surface area contributed by atoms with Crippen molar-refractivity contribution in [1.82, 2.24) is 4.90 Å². The van der Waals surface area contributed by atoms with Crippen LogP contribution in [0.3, 0.4) is 0 Å². The summed E-state index contributed by atoms with van der Waals surface area (Å²) in [6.45, 7) is 2.98. The third-order valence-corrected chi connectivity index (χ3v) is 5.33. The highest BCUT2D eigenvalue weighted by atomic mass is 32.1. The maximum Gasteiger partial charge on any atom is 0.183 e. The molecule has 1 N–H and O–H groups in total. The van der Waals surface area contributed by atoms with Crippen molar-refractivity contribution in [3.05, 3.63) is 65.7 Å². The highest BCUT2D eigenvalue weighted by molar-refractivity contribution is 7.80. The number of anilines is 1. The molecule has 0 bridgehead atoms. The summed E-state index contributed by atoms with van der Waals surface area (Å²) in [6.07, 6.45) is 2.48. The predicted molar refractivity (Wildman–Crippen MR) is 115 cm³/mol. The van der Waals surface area contributed by atoms with Crippen molar-refractivity contribution in [3.8, 4) is 0 Å². The quantitative estimate of drug-likeness (QED) is 0.365. The molecule has 140 valence electrons. The van der Waals surface area contributed by atoms with Crippen LogP contribution in [0.4, 0.5) is 5.69 Å². The van der Waals surface area contributed by atoms with E-state index in [-0.39, 0.29) is 5.78 Å². The Morgan fingerprint density at radius 3 is 2.27 bits per heavy atom. The molecule has 3 nitrogen and oxygen atoms in total. The summed E-state index contributed by atoms with van der Waals surface area (Å²) in [5.74, 6) is 1.04. The number of hydrogen-bond acceptors (Lipinski definition) is 4. The fraction of sp³-hybridized carbons (Fsp3) is 0.409. The van der Waals surface area contributed by atoms with Gasteiger partial charge in [0.2, 0.25) is 0 Å². The topological polar surface area (TPSA) is 32.3 Å². The second kappa shape index (κ2) is 9.79. The average Bonchev–Trinajstić information content (AvgIpc) is 2.67. The number of nitrogens with one attached hydrogen (secondary N) is 1. The number of Topliss-reactive ketones (excluding diaryl/α,β-unsaturated/α-hetero) is 1. The number of carbonyl (C=O) groups is 1. The van der Waals surface area contributed by atoms with Crippen LogP contribution >= 0.6 is 12.6 Å². The van der Waals surface area contributed by atoms with E-state index in [2.05, 4.69) is 41.9 Å². The van der Waals surface area contributed by atoms with E-state index in [0.29, 0.717) is 6.42 Å². The highest BCUT2D eigenvalue weighted by Gasteiger charge is 2.39. The van der Waals surface area contributed by atoms with Gasteiger partial charge in [-0.2, -0.15) is 12.6 Å². The number of carbonyl (C=O) groups excluding carboxylic acids is 1. The molecule has 2 rings (SSSR count). The van der Waals surface area contributed by atoms with E-state index in [4.69, 9.17) is 0 Å². The van der Waals surface area contributed by atoms with E-state index in [0.717, 1.165) is 36.4 Å². The average molecular weight is 371 g/mol. The van der Waals surface area contributed by atoms with Gasteiger partial charge in [0.05, 0.1) is 5.54 Å². The van der Waals surface area contributed by atoms with E-state index in [1.54, 1.807) is 0 Å². The summed E-state index contributed by atoms with van der Waals surface area (Å²) < 4.78 is 0. The number of hydrogen-bond donors (Lipinski definition) is 2.